The molecule has 0 aliphatic carbocycles. The monoisotopic (exact) mass is 790 g/mol. The van der Waals surface area contributed by atoms with Crippen LogP contribution in [0.4, 0.5) is 0 Å². The van der Waals surface area contributed by atoms with Gasteiger partial charge in [-0.05, 0) is 0 Å². The number of hydrogen-bond donors (Lipinski definition) is 12. The Kier molecular flexibility index (Phi) is 72.3. The third kappa shape index (κ3) is 42.3. The maximum atomic E-state index is 10.3. The summed E-state index contributed by atoms with van der Waals surface area (Å²) >= 11 is 0. The smallest absolute Gasteiger partial charge is 1.00 e. The van der Waals surface area contributed by atoms with Crippen molar-refractivity contribution in [3.8, 4) is 0 Å². The molecule has 0 aromatic rings. The van der Waals surface area contributed by atoms with Crippen molar-refractivity contribution in [2.45, 2.75) is 55.3 Å². The first-order valence-corrected chi connectivity index (χ1v) is 9.51. The average molecular weight is 791 g/mol. The molecular weight excluding hydrogens is 745 g/mol. The van der Waals surface area contributed by atoms with E-state index in [4.69, 9.17) is 61.3 Å². The molecule has 0 spiro atoms. The molecule has 0 saturated heterocycles. The van der Waals surface area contributed by atoms with E-state index < -0.39 is 109 Å². The zero-order valence-electron chi connectivity index (χ0n) is 29.2. The molecule has 0 rings (SSSR count). The van der Waals surface area contributed by atoms with Crippen LogP contribution in [0.5, 0.6) is 0 Å². The molecule has 0 heterocycles. The minimum atomic E-state index is -2.74. The second-order valence-corrected chi connectivity index (χ2v) is 7.43. The first-order valence-electron chi connectivity index (χ1n) is 9.51. The van der Waals surface area contributed by atoms with Gasteiger partial charge in [-0.15, -0.1) is 0 Å². The Morgan fingerprint density at radius 1 is 0.300 bits per heavy atom. The topological polar surface area (TPSA) is 680 Å². The number of carboxylic acids is 9. The summed E-state index contributed by atoms with van der Waals surface area (Å²) in [5.41, 5.74) is -8.22. The van der Waals surface area contributed by atoms with Gasteiger partial charge < -0.3 is 116 Å². The van der Waals surface area contributed by atoms with E-state index in [1.165, 1.54) is 0 Å². The molecule has 0 aromatic carbocycles. The van der Waals surface area contributed by atoms with Gasteiger partial charge in [-0.2, -0.15) is 0 Å². The molecule has 30 N–H and O–H groups in total. The molecule has 0 atom stereocenters. The quantitative estimate of drug-likeness (QED) is 0.0685. The molecule has 0 aliphatic heterocycles. The summed E-state index contributed by atoms with van der Waals surface area (Å²) in [5.74, 6) is -15.1. The van der Waals surface area contributed by atoms with Crippen LogP contribution >= 0.6 is 0 Å². The van der Waals surface area contributed by atoms with Crippen molar-refractivity contribution < 1.29 is 159 Å². The van der Waals surface area contributed by atoms with E-state index in [9.17, 15) is 43.2 Å². The van der Waals surface area contributed by atoms with Crippen LogP contribution in [0, 0.1) is 0 Å². The molecule has 0 bridgehead atoms. The average Bonchev–Trinajstić information content (AvgIpc) is 2.64. The summed E-state index contributed by atoms with van der Waals surface area (Å²) in [4.78, 5) is 91.5. The Morgan fingerprint density at radius 2 is 0.380 bits per heavy atom. The molecule has 50 heavy (non-hydrogen) atoms. The zero-order valence-corrected chi connectivity index (χ0v) is 28.0. The predicted octanol–water partition coefficient (Wildman–Crippen LogP) is -11.5. The molecule has 0 saturated carbocycles. The van der Waals surface area contributed by atoms with Crippen LogP contribution in [-0.4, -0.2) is 227 Å². The van der Waals surface area contributed by atoms with E-state index in [-0.39, 0.29) is 101 Å². The number of aliphatic carboxylic acids is 9. The van der Waals surface area contributed by atoms with Gasteiger partial charge in [0.15, 0.2) is 16.8 Å². The van der Waals surface area contributed by atoms with Gasteiger partial charge in [-0.1, -0.05) is 0 Å². The third-order valence-electron chi connectivity index (χ3n) is 3.86. The van der Waals surface area contributed by atoms with Crippen LogP contribution in [0.3, 0.4) is 0 Å². The molecule has 30 nitrogen and oxygen atoms in total. The van der Waals surface area contributed by atoms with Gasteiger partial charge >= 0.3 is 99.8 Å². The minimum absolute atomic E-state index is 0. The van der Waals surface area contributed by atoms with Crippen LogP contribution in [-0.2, 0) is 43.2 Å². The van der Waals surface area contributed by atoms with Gasteiger partial charge in [0.05, 0.1) is 38.5 Å². The first-order chi connectivity index (χ1) is 17.3. The zero-order chi connectivity index (χ0) is 31.9. The fraction of sp³-hybridized carbons (Fsp3) is 0.500. The molecule has 0 aliphatic rings. The first kappa shape index (κ1) is 91.1. The van der Waals surface area contributed by atoms with Crippen molar-refractivity contribution in [3.63, 3.8) is 0 Å². The van der Waals surface area contributed by atoms with E-state index in [0.29, 0.717) is 0 Å². The Hall–Kier alpha value is -3.72. The fourth-order valence-corrected chi connectivity index (χ4v) is 2.14. The molecular formula is C18H46Mg2O30. The number of hydrogen-bond acceptors (Lipinski definition) is 12. The standard InChI is InChI=1S/3C6H8O7.2Mg.9H2O.4H/c3*7-3(8)1-6(13,5(11)12)2-4(9)10;;;;;;;;;;;;;;;/h3*13H,1-2H2,(H,7,8)(H,9,10)(H,11,12);;;9*1H2;;;;/q;;;2*+2;;;;;;;;;;4*-1. The van der Waals surface area contributed by atoms with Gasteiger partial charge in [-0.25, -0.2) is 14.4 Å². The summed E-state index contributed by atoms with van der Waals surface area (Å²) in [6.45, 7) is 0. The summed E-state index contributed by atoms with van der Waals surface area (Å²) in [5, 5.41) is 101. The van der Waals surface area contributed by atoms with Gasteiger partial charge in [0.1, 0.15) is 0 Å². The number of carboxylic acid groups (broad SMARTS) is 9. The summed E-state index contributed by atoms with van der Waals surface area (Å²) < 4.78 is 0. The molecule has 0 radical (unpaired) electrons. The van der Waals surface area contributed by atoms with E-state index in [2.05, 4.69) is 0 Å². The van der Waals surface area contributed by atoms with Crippen molar-refractivity contribution in [2.75, 3.05) is 0 Å². The molecule has 0 amide bonds. The Bertz CT molecular complexity index is 845. The Balaban J connectivity index is -0.0000000198. The second kappa shape index (κ2) is 39.7. The minimum Gasteiger partial charge on any atom is -1.00 e. The molecule has 0 fully saturated rings. The summed E-state index contributed by atoms with van der Waals surface area (Å²) in [6.07, 6.45) is -6.87. The largest absolute Gasteiger partial charge is 2.00 e. The maximum Gasteiger partial charge on any atom is 2.00 e. The van der Waals surface area contributed by atoms with E-state index in [1.807, 2.05) is 0 Å². The molecule has 0 aromatic heterocycles. The van der Waals surface area contributed by atoms with Crippen molar-refractivity contribution >= 4 is 99.8 Å². The van der Waals surface area contributed by atoms with E-state index in [0.717, 1.165) is 0 Å². The van der Waals surface area contributed by atoms with Crippen molar-refractivity contribution in [3.05, 3.63) is 0 Å². The Morgan fingerprint density at radius 3 is 0.420 bits per heavy atom. The Labute approximate surface area is 314 Å². The van der Waals surface area contributed by atoms with Crippen molar-refractivity contribution in [1.82, 2.24) is 0 Å². The third-order valence-corrected chi connectivity index (χ3v) is 3.86. The van der Waals surface area contributed by atoms with Crippen LogP contribution in [0.25, 0.3) is 0 Å². The van der Waals surface area contributed by atoms with Gasteiger partial charge in [0, 0.05) is 0 Å². The van der Waals surface area contributed by atoms with Gasteiger partial charge in [0.25, 0.3) is 0 Å². The number of aliphatic hydroxyl groups is 3. The molecule has 0 unspecified atom stereocenters. The van der Waals surface area contributed by atoms with Gasteiger partial charge in [-0.3, -0.25) is 28.8 Å². The van der Waals surface area contributed by atoms with Crippen LogP contribution in [0.1, 0.15) is 44.2 Å². The van der Waals surface area contributed by atoms with E-state index in [1.54, 1.807) is 0 Å². The second-order valence-electron chi connectivity index (χ2n) is 7.43. The molecule has 32 heteroatoms. The van der Waals surface area contributed by atoms with Crippen molar-refractivity contribution in [2.24, 2.45) is 0 Å². The summed E-state index contributed by atoms with van der Waals surface area (Å²) in [7, 11) is 0. The van der Waals surface area contributed by atoms with E-state index >= 15 is 0 Å². The van der Waals surface area contributed by atoms with Crippen molar-refractivity contribution in [1.29, 1.82) is 0 Å². The normalized spacial score (nSPS) is 8.46. The number of carbonyl (C=O) groups is 9. The predicted molar refractivity (Wildman–Crippen MR) is 160 cm³/mol. The maximum absolute atomic E-state index is 10.3. The molecule has 302 valence electrons. The number of rotatable bonds is 15. The van der Waals surface area contributed by atoms with Crippen LogP contribution in [0.15, 0.2) is 0 Å². The fourth-order valence-electron chi connectivity index (χ4n) is 2.14. The van der Waals surface area contributed by atoms with Crippen LogP contribution < -0.4 is 0 Å². The summed E-state index contributed by atoms with van der Waals surface area (Å²) in [6, 6.07) is 0. The SMILES string of the molecule is O.O.O.O.O.O.O.O.O.O=C(O)CC(O)(CC(=O)O)C(=O)O.O=C(O)CC(O)(CC(=O)O)C(=O)O.O=C(O)CC(O)(CC(=O)O)C(=O)O.[H-].[H-].[H-].[H-].[Mg+2].[Mg+2]. The van der Waals surface area contributed by atoms with Crippen LogP contribution in [0.2, 0.25) is 0 Å². The van der Waals surface area contributed by atoms with Gasteiger partial charge in [0.2, 0.25) is 0 Å².